The minimum absolute atomic E-state index is 0.0247. The van der Waals surface area contributed by atoms with Gasteiger partial charge < -0.3 is 9.47 Å². The molecular weight excluding hydrogens is 574 g/mol. The van der Waals surface area contributed by atoms with Gasteiger partial charge in [-0.3, -0.25) is 0 Å². The highest BCUT2D eigenvalue weighted by atomic mass is 19.4. The van der Waals surface area contributed by atoms with Crippen LogP contribution in [0.2, 0.25) is 0 Å². The first kappa shape index (κ1) is 30.0. The highest BCUT2D eigenvalue weighted by Crippen LogP contribution is 2.49. The molecule has 43 heavy (non-hydrogen) atoms. The van der Waals surface area contributed by atoms with E-state index in [1.165, 1.54) is 60.7 Å². The molecular formula is C31H14F6N4O2. The van der Waals surface area contributed by atoms with Crippen LogP contribution in [0.5, 0.6) is 23.0 Å². The number of hydrogen-bond acceptors (Lipinski definition) is 6. The molecule has 4 aromatic carbocycles. The van der Waals surface area contributed by atoms with Crippen LogP contribution in [-0.2, 0) is 0 Å². The summed E-state index contributed by atoms with van der Waals surface area (Å²) in [6, 6.07) is 23.4. The number of alkyl halides is 6. The van der Waals surface area contributed by atoms with Gasteiger partial charge in [-0.2, -0.15) is 43.0 Å². The first-order valence-corrected chi connectivity index (χ1v) is 12.0. The first-order chi connectivity index (χ1) is 20.4. The third-order valence-electron chi connectivity index (χ3n) is 6.09. The Morgan fingerprint density at radius 3 is 1.42 bits per heavy atom. The van der Waals surface area contributed by atoms with Crippen LogP contribution in [0, 0.1) is 45.3 Å². The molecule has 4 aromatic rings. The van der Waals surface area contributed by atoms with Crippen LogP contribution >= 0.6 is 0 Å². The molecule has 212 valence electrons. The van der Waals surface area contributed by atoms with Gasteiger partial charge in [0.2, 0.25) is 0 Å². The second-order valence-corrected chi connectivity index (χ2v) is 8.82. The minimum atomic E-state index is -6.20. The molecule has 0 N–H and O–H groups in total. The van der Waals surface area contributed by atoms with Crippen LogP contribution in [0.3, 0.4) is 0 Å². The molecule has 0 aliphatic heterocycles. The molecule has 0 fully saturated rings. The van der Waals surface area contributed by atoms with E-state index in [0.717, 1.165) is 12.1 Å². The molecule has 0 aromatic heterocycles. The van der Waals surface area contributed by atoms with Crippen LogP contribution in [0.15, 0.2) is 78.9 Å². The van der Waals surface area contributed by atoms with E-state index in [-0.39, 0.29) is 56.4 Å². The maximum atomic E-state index is 15.1. The average Bonchev–Trinajstić information content (AvgIpc) is 3.00. The Balaban J connectivity index is 1.71. The predicted molar refractivity (Wildman–Crippen MR) is 139 cm³/mol. The standard InChI is InChI=1S/C31H14F6N4O2/c32-29(30(33,34)31(35,36)37)28-13-26(43-25-8-4-20(15-39)22(12-25)17-41)9-10-27(28)18-1-5-23(6-2-18)42-24-7-3-19(14-38)21(11-24)16-40/h1-13,29H. The van der Waals surface area contributed by atoms with Gasteiger partial charge in [-0.1, -0.05) is 18.2 Å². The number of rotatable bonds is 7. The first-order valence-electron chi connectivity index (χ1n) is 12.0. The van der Waals surface area contributed by atoms with Gasteiger partial charge in [0.05, 0.1) is 22.3 Å². The van der Waals surface area contributed by atoms with Crippen molar-refractivity contribution < 1.29 is 35.8 Å². The Kier molecular flexibility index (Phi) is 8.27. The van der Waals surface area contributed by atoms with Crippen molar-refractivity contribution in [2.24, 2.45) is 0 Å². The van der Waals surface area contributed by atoms with Crippen molar-refractivity contribution in [3.05, 3.63) is 107 Å². The predicted octanol–water partition coefficient (Wildman–Crippen LogP) is 8.63. The maximum absolute atomic E-state index is 15.1. The molecule has 0 saturated carbocycles. The van der Waals surface area contributed by atoms with E-state index in [1.54, 1.807) is 12.1 Å². The topological polar surface area (TPSA) is 114 Å². The summed E-state index contributed by atoms with van der Waals surface area (Å²) in [5.74, 6) is -5.72. The monoisotopic (exact) mass is 588 g/mol. The minimum Gasteiger partial charge on any atom is -0.457 e. The Morgan fingerprint density at radius 2 is 0.953 bits per heavy atom. The summed E-state index contributed by atoms with van der Waals surface area (Å²) < 4.78 is 94.1. The van der Waals surface area contributed by atoms with Crippen LogP contribution in [-0.4, -0.2) is 12.1 Å². The van der Waals surface area contributed by atoms with Gasteiger partial charge >= 0.3 is 12.1 Å². The summed E-state index contributed by atoms with van der Waals surface area (Å²) in [6.07, 6.45) is -10.0. The third-order valence-corrected chi connectivity index (χ3v) is 6.09. The second-order valence-electron chi connectivity index (χ2n) is 8.82. The molecule has 4 rings (SSSR count). The second kappa shape index (κ2) is 11.9. The Labute approximate surface area is 240 Å². The lowest BCUT2D eigenvalue weighted by molar-refractivity contribution is -0.305. The van der Waals surface area contributed by atoms with Gasteiger partial charge in [-0.15, -0.1) is 0 Å². The van der Waals surface area contributed by atoms with Crippen molar-refractivity contribution in [2.75, 3.05) is 0 Å². The highest BCUT2D eigenvalue weighted by molar-refractivity contribution is 5.70. The van der Waals surface area contributed by atoms with Gasteiger partial charge in [0.1, 0.15) is 47.3 Å². The van der Waals surface area contributed by atoms with E-state index in [2.05, 4.69) is 0 Å². The Bertz CT molecular complexity index is 1860. The fourth-order valence-electron chi connectivity index (χ4n) is 3.94. The molecule has 1 atom stereocenters. The summed E-state index contributed by atoms with van der Waals surface area (Å²) in [5, 5.41) is 36.5. The number of hydrogen-bond donors (Lipinski definition) is 0. The van der Waals surface area contributed by atoms with Crippen molar-refractivity contribution in [2.45, 2.75) is 18.3 Å². The van der Waals surface area contributed by atoms with Gasteiger partial charge in [-0.05, 0) is 71.8 Å². The van der Waals surface area contributed by atoms with Crippen LogP contribution in [0.4, 0.5) is 26.3 Å². The highest BCUT2D eigenvalue weighted by Gasteiger charge is 2.64. The van der Waals surface area contributed by atoms with Crippen LogP contribution < -0.4 is 9.47 Å². The SMILES string of the molecule is N#Cc1ccc(Oc2ccc(-c3ccc(Oc4ccc(C#N)c(C#N)c4)cc3C(F)C(F)(F)C(F)(F)F)cc2)cc1C#N. The smallest absolute Gasteiger partial charge is 0.456 e. The molecule has 0 saturated heterocycles. The lowest BCUT2D eigenvalue weighted by atomic mass is 9.93. The number of nitriles is 4. The largest absolute Gasteiger partial charge is 0.457 e. The van der Waals surface area contributed by atoms with Crippen LogP contribution in [0.1, 0.15) is 34.0 Å². The zero-order valence-corrected chi connectivity index (χ0v) is 21.5. The summed E-state index contributed by atoms with van der Waals surface area (Å²) in [4.78, 5) is 0. The van der Waals surface area contributed by atoms with E-state index in [4.69, 9.17) is 20.0 Å². The van der Waals surface area contributed by atoms with E-state index in [9.17, 15) is 32.5 Å². The van der Waals surface area contributed by atoms with Gasteiger partial charge in [0, 0.05) is 5.56 Å². The molecule has 0 radical (unpaired) electrons. The van der Waals surface area contributed by atoms with Gasteiger partial charge in [0.25, 0.3) is 0 Å². The van der Waals surface area contributed by atoms with E-state index in [0.29, 0.717) is 6.07 Å². The number of ether oxygens (including phenoxy) is 2. The molecule has 0 amide bonds. The van der Waals surface area contributed by atoms with Crippen molar-refractivity contribution in [3.8, 4) is 58.4 Å². The Morgan fingerprint density at radius 1 is 0.535 bits per heavy atom. The lowest BCUT2D eigenvalue weighted by Gasteiger charge is -2.25. The van der Waals surface area contributed by atoms with E-state index >= 15 is 4.39 Å². The van der Waals surface area contributed by atoms with Crippen LogP contribution in [0.25, 0.3) is 11.1 Å². The van der Waals surface area contributed by atoms with Crippen molar-refractivity contribution >= 4 is 0 Å². The molecule has 1 unspecified atom stereocenters. The average molecular weight is 588 g/mol. The maximum Gasteiger partial charge on any atom is 0.456 e. The number of halogens is 6. The third kappa shape index (κ3) is 6.20. The summed E-state index contributed by atoms with van der Waals surface area (Å²) in [6.45, 7) is 0. The Hall–Kier alpha value is -5.98. The summed E-state index contributed by atoms with van der Waals surface area (Å²) >= 11 is 0. The zero-order chi connectivity index (χ0) is 31.4. The molecule has 6 nitrogen and oxygen atoms in total. The quantitative estimate of drug-likeness (QED) is 0.200. The van der Waals surface area contributed by atoms with E-state index < -0.39 is 23.8 Å². The summed E-state index contributed by atoms with van der Waals surface area (Å²) in [5.41, 5.74) is -1.10. The molecule has 12 heteroatoms. The fraction of sp³-hybridized carbons (Fsp3) is 0.0968. The zero-order valence-electron chi connectivity index (χ0n) is 21.5. The van der Waals surface area contributed by atoms with Crippen molar-refractivity contribution in [3.63, 3.8) is 0 Å². The number of nitrogens with zero attached hydrogens (tertiary/aromatic N) is 4. The normalized spacial score (nSPS) is 11.8. The number of benzene rings is 4. The molecule has 0 aliphatic carbocycles. The molecule has 0 bridgehead atoms. The van der Waals surface area contributed by atoms with Crippen molar-refractivity contribution in [1.82, 2.24) is 0 Å². The fourth-order valence-corrected chi connectivity index (χ4v) is 3.94. The van der Waals surface area contributed by atoms with Crippen molar-refractivity contribution in [1.29, 1.82) is 21.0 Å². The summed E-state index contributed by atoms with van der Waals surface area (Å²) in [7, 11) is 0. The molecule has 0 spiro atoms. The van der Waals surface area contributed by atoms with Gasteiger partial charge in [-0.25, -0.2) is 4.39 Å². The lowest BCUT2D eigenvalue weighted by Crippen LogP contribution is -2.40. The molecule has 0 heterocycles. The van der Waals surface area contributed by atoms with E-state index in [1.807, 2.05) is 12.1 Å². The van der Waals surface area contributed by atoms with Gasteiger partial charge in [0.15, 0.2) is 6.17 Å². The molecule has 0 aliphatic rings.